The highest BCUT2D eigenvalue weighted by Gasteiger charge is 2.44. The summed E-state index contributed by atoms with van der Waals surface area (Å²) >= 11 is 0. The lowest BCUT2D eigenvalue weighted by Gasteiger charge is -2.45. The molecule has 8 aliphatic rings. The lowest BCUT2D eigenvalue weighted by Crippen LogP contribution is -2.52. The fourth-order valence-electron chi connectivity index (χ4n) is 12.7. The van der Waals surface area contributed by atoms with E-state index in [0.29, 0.717) is 28.5 Å². The van der Waals surface area contributed by atoms with Gasteiger partial charge in [-0.3, -0.25) is 19.6 Å². The topological polar surface area (TPSA) is 182 Å². The maximum absolute atomic E-state index is 12.8. The number of amides is 3. The first-order valence-electron chi connectivity index (χ1n) is 27.3. The Labute approximate surface area is 430 Å². The van der Waals surface area contributed by atoms with Crippen LogP contribution in [-0.4, -0.2) is 115 Å². The fourth-order valence-corrected chi connectivity index (χ4v) is 12.7. The number of nitrogens with zero attached hydrogens (tertiary/aromatic N) is 2. The molecule has 2 aliphatic carbocycles. The third-order valence-electron chi connectivity index (χ3n) is 17.3. The summed E-state index contributed by atoms with van der Waals surface area (Å²) in [5.74, 6) is 2.72. The van der Waals surface area contributed by atoms with Gasteiger partial charge in [0.1, 0.15) is 34.1 Å². The Morgan fingerprint density at radius 2 is 0.877 bits per heavy atom. The van der Waals surface area contributed by atoms with Gasteiger partial charge in [0.2, 0.25) is 11.8 Å². The van der Waals surface area contributed by atoms with Gasteiger partial charge in [0.15, 0.2) is 0 Å². The zero-order valence-electron chi connectivity index (χ0n) is 43.1. The molecule has 73 heavy (non-hydrogen) atoms. The summed E-state index contributed by atoms with van der Waals surface area (Å²) in [6.45, 7) is 5.19. The SMILES string of the molecule is COC(=O)c1ccc2c(c1)CCC1(CCN(C(=O)C3CCCCC3)CC1)O2.COC(=O)c1ccc2c(c1)CCC1(CCNCC1)O2.O=C(NO)c1ccc2c(c1)CCC1(CCN(C(=O)C3CCCCC3)CC1)O2. The Kier molecular flexibility index (Phi) is 16.6. The van der Waals surface area contributed by atoms with Gasteiger partial charge in [-0.2, -0.15) is 0 Å². The second-order valence-electron chi connectivity index (χ2n) is 21.8. The monoisotopic (exact) mass is 1000 g/mol. The lowest BCUT2D eigenvalue weighted by atomic mass is 9.82. The number of methoxy groups -OCH3 is 2. The zero-order valence-corrected chi connectivity index (χ0v) is 43.1. The van der Waals surface area contributed by atoms with Crippen LogP contribution < -0.4 is 25.0 Å². The van der Waals surface area contributed by atoms with Gasteiger partial charge in [0.25, 0.3) is 5.91 Å². The van der Waals surface area contributed by atoms with Crippen molar-refractivity contribution in [2.24, 2.45) is 11.8 Å². The molecule has 3 amide bonds. The number of hydrogen-bond acceptors (Lipinski definition) is 12. The molecule has 15 nitrogen and oxygen atoms in total. The average Bonchev–Trinajstić information content (AvgIpc) is 3.45. The maximum Gasteiger partial charge on any atom is 0.337 e. The van der Waals surface area contributed by atoms with Crippen molar-refractivity contribution in [3.8, 4) is 17.2 Å². The molecule has 3 saturated heterocycles. The van der Waals surface area contributed by atoms with E-state index in [4.69, 9.17) is 28.9 Å². The van der Waals surface area contributed by atoms with Crippen molar-refractivity contribution in [2.75, 3.05) is 53.5 Å². The molecule has 0 radical (unpaired) electrons. The molecule has 15 heteroatoms. The van der Waals surface area contributed by atoms with Crippen LogP contribution in [0.2, 0.25) is 0 Å². The number of carbonyl (C=O) groups is 5. The Morgan fingerprint density at radius 3 is 1.25 bits per heavy atom. The number of aryl methyl sites for hydroxylation is 3. The van der Waals surface area contributed by atoms with E-state index in [2.05, 4.69) is 15.1 Å². The van der Waals surface area contributed by atoms with Crippen molar-refractivity contribution >= 4 is 29.7 Å². The summed E-state index contributed by atoms with van der Waals surface area (Å²) in [6.07, 6.45) is 22.8. The number of hydrogen-bond donors (Lipinski definition) is 3. The first kappa shape index (κ1) is 52.2. The molecule has 0 atom stereocenters. The molecular formula is C58H76N4O11. The van der Waals surface area contributed by atoms with Gasteiger partial charge in [-0.1, -0.05) is 38.5 Å². The van der Waals surface area contributed by atoms with Crippen LogP contribution in [0, 0.1) is 11.8 Å². The predicted molar refractivity (Wildman–Crippen MR) is 273 cm³/mol. The lowest BCUT2D eigenvalue weighted by molar-refractivity contribution is -0.141. The largest absolute Gasteiger partial charge is 0.487 e. The van der Waals surface area contributed by atoms with E-state index < -0.39 is 5.91 Å². The highest BCUT2D eigenvalue weighted by atomic mass is 16.5. The molecule has 6 aliphatic heterocycles. The van der Waals surface area contributed by atoms with Gasteiger partial charge < -0.3 is 38.8 Å². The molecule has 394 valence electrons. The Morgan fingerprint density at radius 1 is 0.521 bits per heavy atom. The summed E-state index contributed by atoms with van der Waals surface area (Å²) in [4.78, 5) is 64.5. The fraction of sp³-hybridized carbons (Fsp3) is 0.603. The molecule has 3 aromatic rings. The van der Waals surface area contributed by atoms with E-state index >= 15 is 0 Å². The molecule has 11 rings (SSSR count). The molecule has 0 aromatic heterocycles. The number of rotatable bonds is 5. The van der Waals surface area contributed by atoms with Crippen LogP contribution in [0.3, 0.4) is 0 Å². The number of nitrogens with one attached hydrogen (secondary N) is 2. The van der Waals surface area contributed by atoms with Crippen LogP contribution in [-0.2, 0) is 38.3 Å². The third-order valence-corrected chi connectivity index (χ3v) is 17.3. The summed E-state index contributed by atoms with van der Waals surface area (Å²) < 4.78 is 28.6. The molecule has 6 heterocycles. The number of likely N-dealkylation sites (tertiary alicyclic amines) is 2. The predicted octanol–water partition coefficient (Wildman–Crippen LogP) is 8.73. The van der Waals surface area contributed by atoms with Crippen molar-refractivity contribution < 1.29 is 52.9 Å². The molecule has 3 spiro atoms. The number of piperidine rings is 3. The van der Waals surface area contributed by atoms with Gasteiger partial charge in [0, 0.05) is 69.3 Å². The van der Waals surface area contributed by atoms with Crippen LogP contribution in [0.4, 0.5) is 0 Å². The minimum atomic E-state index is -0.507. The van der Waals surface area contributed by atoms with Gasteiger partial charge >= 0.3 is 11.9 Å². The van der Waals surface area contributed by atoms with Gasteiger partial charge in [-0.25, -0.2) is 15.1 Å². The number of benzene rings is 3. The van der Waals surface area contributed by atoms with Gasteiger partial charge in [-0.05, 0) is 161 Å². The Hall–Kier alpha value is -5.67. The third kappa shape index (κ3) is 12.1. The van der Waals surface area contributed by atoms with Crippen LogP contribution >= 0.6 is 0 Å². The molecule has 0 unspecified atom stereocenters. The standard InChI is InChI=1S/C22H29NO4.C21H28N2O4.C15H19NO3/c1-26-21(25)18-7-8-19-17(15-18)9-10-22(27-19)11-13-23(14-12-22)20(24)16-5-3-2-4-6-16;24-19(22-26)17-6-7-18-16(14-17)8-9-21(27-18)10-12-23(13-11-21)20(25)15-4-2-1-3-5-15;1-18-14(17)12-2-3-13-11(10-12)4-5-15(19-13)6-8-16-9-7-15/h7-8,15-16H,2-6,9-14H2,1H3;6-7,14-15,26H,1-5,8-13H2,(H,22,24);2-3,10,16H,4-9H2,1H3. The number of carbonyl (C=O) groups excluding carboxylic acids is 5. The highest BCUT2D eigenvalue weighted by molar-refractivity contribution is 5.94. The second-order valence-corrected chi connectivity index (χ2v) is 21.8. The zero-order chi connectivity index (χ0) is 51.0. The van der Waals surface area contributed by atoms with E-state index in [1.807, 2.05) is 30.3 Å². The molecule has 3 aromatic carbocycles. The van der Waals surface area contributed by atoms with Crippen molar-refractivity contribution in [1.29, 1.82) is 0 Å². The van der Waals surface area contributed by atoms with Gasteiger partial charge in [0.05, 0.1) is 25.3 Å². The van der Waals surface area contributed by atoms with Crippen LogP contribution in [0.25, 0.3) is 0 Å². The number of ether oxygens (including phenoxy) is 5. The van der Waals surface area contributed by atoms with E-state index in [1.54, 1.807) is 29.7 Å². The van der Waals surface area contributed by atoms with Gasteiger partial charge in [-0.15, -0.1) is 0 Å². The summed E-state index contributed by atoms with van der Waals surface area (Å²) in [5.41, 5.74) is 6.12. The number of fused-ring (bicyclic) bond motifs is 3. The minimum Gasteiger partial charge on any atom is -0.487 e. The first-order chi connectivity index (χ1) is 35.4. The Balaban J connectivity index is 0.000000137. The van der Waals surface area contributed by atoms with Crippen molar-refractivity contribution in [1.82, 2.24) is 20.6 Å². The summed E-state index contributed by atoms with van der Waals surface area (Å²) in [7, 11) is 2.80. The van der Waals surface area contributed by atoms with Crippen molar-refractivity contribution in [2.45, 2.75) is 158 Å². The molecule has 3 N–H and O–H groups in total. The number of esters is 2. The van der Waals surface area contributed by atoms with E-state index in [0.717, 1.165) is 176 Å². The van der Waals surface area contributed by atoms with Crippen LogP contribution in [0.15, 0.2) is 54.6 Å². The van der Waals surface area contributed by atoms with E-state index in [9.17, 15) is 24.0 Å². The maximum atomic E-state index is 12.8. The average molecular weight is 1010 g/mol. The first-order valence-corrected chi connectivity index (χ1v) is 27.3. The van der Waals surface area contributed by atoms with Crippen LogP contribution in [0.5, 0.6) is 17.2 Å². The van der Waals surface area contributed by atoms with Crippen molar-refractivity contribution in [3.63, 3.8) is 0 Å². The Bertz CT molecular complexity index is 2330. The van der Waals surface area contributed by atoms with Crippen molar-refractivity contribution in [3.05, 3.63) is 88.0 Å². The normalized spacial score (nSPS) is 21.6. The quantitative estimate of drug-likeness (QED) is 0.126. The van der Waals surface area contributed by atoms with E-state index in [-0.39, 0.29) is 40.6 Å². The second kappa shape index (κ2) is 23.3. The van der Waals surface area contributed by atoms with Crippen LogP contribution in [0.1, 0.15) is 170 Å². The summed E-state index contributed by atoms with van der Waals surface area (Å²) in [6, 6.07) is 16.4. The molecule has 5 fully saturated rings. The smallest absolute Gasteiger partial charge is 0.337 e. The summed E-state index contributed by atoms with van der Waals surface area (Å²) in [5, 5.41) is 12.2. The number of hydroxylamine groups is 1. The minimum absolute atomic E-state index is 0.00499. The van der Waals surface area contributed by atoms with E-state index in [1.165, 1.54) is 52.7 Å². The molecule has 0 bridgehead atoms. The highest BCUT2D eigenvalue weighted by Crippen LogP contribution is 2.43. The molecule has 2 saturated carbocycles. The molecular weight excluding hydrogens is 929 g/mol.